The lowest BCUT2D eigenvalue weighted by Crippen LogP contribution is -2.45. The smallest absolute Gasteiger partial charge is 0.377 e. The van der Waals surface area contributed by atoms with Crippen LogP contribution < -0.4 is 0 Å². The highest BCUT2D eigenvalue weighted by Crippen LogP contribution is 2.13. The number of rotatable bonds is 9. The molecule has 0 aromatic heterocycles. The lowest BCUT2D eigenvalue weighted by molar-refractivity contribution is 0.120. The van der Waals surface area contributed by atoms with E-state index in [2.05, 4.69) is 36.2 Å². The number of nitrogens with zero attached hydrogens (tertiary/aromatic N) is 1. The van der Waals surface area contributed by atoms with Gasteiger partial charge in [0.05, 0.1) is 0 Å². The van der Waals surface area contributed by atoms with E-state index < -0.39 is 8.80 Å². The minimum Gasteiger partial charge on any atom is -0.377 e. The normalized spacial score (nSPS) is 12.1. The van der Waals surface area contributed by atoms with Gasteiger partial charge in [0.1, 0.15) is 0 Å². The summed E-state index contributed by atoms with van der Waals surface area (Å²) in [5.41, 5.74) is 1.36. The fourth-order valence-electron chi connectivity index (χ4n) is 1.96. The fraction of sp³-hybridized carbons (Fsp3) is 0.571. The van der Waals surface area contributed by atoms with Crippen molar-refractivity contribution < 1.29 is 13.3 Å². The Kier molecular flexibility index (Phi) is 7.26. The Morgan fingerprint density at radius 1 is 0.947 bits per heavy atom. The standard InChI is InChI=1S/C14H25NO3Si/c1-15(11-10-14-8-6-5-7-9-14)12-13-19(16-2,17-3)18-4/h5-9H,10-13H2,1-4H3. The van der Waals surface area contributed by atoms with Crippen LogP contribution in [-0.2, 0) is 19.7 Å². The Hall–Kier alpha value is -0.723. The van der Waals surface area contributed by atoms with Crippen LogP contribution in [0.15, 0.2) is 30.3 Å². The molecule has 4 nitrogen and oxygen atoms in total. The molecule has 1 aromatic rings. The van der Waals surface area contributed by atoms with E-state index >= 15 is 0 Å². The quantitative estimate of drug-likeness (QED) is 0.649. The van der Waals surface area contributed by atoms with Gasteiger partial charge in [-0.05, 0) is 19.0 Å². The molecule has 0 bridgehead atoms. The van der Waals surface area contributed by atoms with Crippen LogP contribution in [0.3, 0.4) is 0 Å². The van der Waals surface area contributed by atoms with Crippen molar-refractivity contribution in [3.63, 3.8) is 0 Å². The van der Waals surface area contributed by atoms with Gasteiger partial charge in [0.25, 0.3) is 0 Å². The molecule has 0 fully saturated rings. The number of likely N-dealkylation sites (N-methyl/N-ethyl adjacent to an activating group) is 1. The molecule has 0 saturated carbocycles. The summed E-state index contributed by atoms with van der Waals surface area (Å²) < 4.78 is 16.3. The molecule has 0 unspecified atom stereocenters. The minimum atomic E-state index is -2.43. The van der Waals surface area contributed by atoms with Crippen LogP contribution in [0, 0.1) is 0 Å². The second-order valence-electron chi connectivity index (χ2n) is 4.58. The zero-order valence-corrected chi connectivity index (χ0v) is 13.4. The number of hydrogen-bond acceptors (Lipinski definition) is 4. The topological polar surface area (TPSA) is 30.9 Å². The van der Waals surface area contributed by atoms with E-state index in [9.17, 15) is 0 Å². The summed E-state index contributed by atoms with van der Waals surface area (Å²) >= 11 is 0. The van der Waals surface area contributed by atoms with Crippen molar-refractivity contribution in [2.24, 2.45) is 0 Å². The van der Waals surface area contributed by atoms with Crippen molar-refractivity contribution in [2.75, 3.05) is 41.5 Å². The van der Waals surface area contributed by atoms with E-state index in [1.54, 1.807) is 21.3 Å². The van der Waals surface area contributed by atoms with Gasteiger partial charge in [-0.25, -0.2) is 0 Å². The first-order valence-corrected chi connectivity index (χ1v) is 8.47. The second-order valence-corrected chi connectivity index (χ2v) is 7.68. The molecular formula is C14H25NO3Si. The van der Waals surface area contributed by atoms with Gasteiger partial charge >= 0.3 is 8.80 Å². The molecule has 19 heavy (non-hydrogen) atoms. The van der Waals surface area contributed by atoms with E-state index in [1.165, 1.54) is 5.56 Å². The monoisotopic (exact) mass is 283 g/mol. The maximum absolute atomic E-state index is 5.42. The lowest BCUT2D eigenvalue weighted by Gasteiger charge is -2.26. The van der Waals surface area contributed by atoms with Crippen LogP contribution >= 0.6 is 0 Å². The van der Waals surface area contributed by atoms with Crippen molar-refractivity contribution in [1.29, 1.82) is 0 Å². The Balaban J connectivity index is 2.33. The SMILES string of the molecule is CO[Si](CCN(C)CCc1ccccc1)(OC)OC. The molecule has 0 N–H and O–H groups in total. The Bertz CT molecular complexity index is 336. The van der Waals surface area contributed by atoms with Gasteiger partial charge in [-0.3, -0.25) is 0 Å². The summed E-state index contributed by atoms with van der Waals surface area (Å²) in [6.45, 7) is 1.93. The molecule has 0 saturated heterocycles. The third kappa shape index (κ3) is 5.42. The predicted octanol–water partition coefficient (Wildman–Crippen LogP) is 2.04. The average molecular weight is 283 g/mol. The zero-order valence-electron chi connectivity index (χ0n) is 12.4. The molecule has 0 heterocycles. The van der Waals surface area contributed by atoms with Gasteiger partial charge in [-0.1, -0.05) is 30.3 Å². The van der Waals surface area contributed by atoms with Crippen LogP contribution in [0.1, 0.15) is 5.56 Å². The summed E-state index contributed by atoms with van der Waals surface area (Å²) in [6.07, 6.45) is 1.05. The molecule has 1 aromatic carbocycles. The molecule has 0 aliphatic carbocycles. The van der Waals surface area contributed by atoms with Gasteiger partial charge in [0, 0.05) is 40.5 Å². The molecule has 108 valence electrons. The third-order valence-electron chi connectivity index (χ3n) is 3.36. The van der Waals surface area contributed by atoms with Gasteiger partial charge in [-0.2, -0.15) is 0 Å². The molecule has 0 atom stereocenters. The van der Waals surface area contributed by atoms with Gasteiger partial charge in [-0.15, -0.1) is 0 Å². The van der Waals surface area contributed by atoms with Gasteiger partial charge in [0.2, 0.25) is 0 Å². The maximum atomic E-state index is 5.42. The molecule has 5 heteroatoms. The summed E-state index contributed by atoms with van der Waals surface area (Å²) in [7, 11) is 4.65. The highest BCUT2D eigenvalue weighted by atomic mass is 28.4. The highest BCUT2D eigenvalue weighted by molar-refractivity contribution is 6.60. The fourth-order valence-corrected chi connectivity index (χ4v) is 3.73. The second kappa shape index (κ2) is 8.45. The molecule has 1 rings (SSSR count). The summed E-state index contributed by atoms with van der Waals surface area (Å²) in [5.74, 6) is 0. The predicted molar refractivity (Wildman–Crippen MR) is 79.2 cm³/mol. The van der Waals surface area contributed by atoms with Crippen molar-refractivity contribution >= 4 is 8.80 Å². The van der Waals surface area contributed by atoms with E-state index in [0.717, 1.165) is 25.6 Å². The van der Waals surface area contributed by atoms with Crippen molar-refractivity contribution in [2.45, 2.75) is 12.5 Å². The first-order valence-electron chi connectivity index (χ1n) is 6.53. The molecular weight excluding hydrogens is 258 g/mol. The Morgan fingerprint density at radius 2 is 1.53 bits per heavy atom. The van der Waals surface area contributed by atoms with Crippen LogP contribution in [0.2, 0.25) is 6.04 Å². The van der Waals surface area contributed by atoms with Crippen molar-refractivity contribution in [3.8, 4) is 0 Å². The number of benzene rings is 1. The molecule has 0 radical (unpaired) electrons. The van der Waals surface area contributed by atoms with E-state index in [1.807, 2.05) is 6.07 Å². The number of hydrogen-bond donors (Lipinski definition) is 0. The van der Waals surface area contributed by atoms with Gasteiger partial charge < -0.3 is 18.2 Å². The van der Waals surface area contributed by atoms with Crippen LogP contribution in [0.25, 0.3) is 0 Å². The first kappa shape index (κ1) is 16.3. The zero-order chi connectivity index (χ0) is 14.1. The average Bonchev–Trinajstić information content (AvgIpc) is 2.48. The first-order chi connectivity index (χ1) is 9.15. The Morgan fingerprint density at radius 3 is 2.05 bits per heavy atom. The molecule has 0 aliphatic heterocycles. The molecule has 0 amide bonds. The Labute approximate surface area is 117 Å². The summed E-state index contributed by atoms with van der Waals surface area (Å²) in [6, 6.07) is 11.3. The van der Waals surface area contributed by atoms with Crippen LogP contribution in [0.5, 0.6) is 0 Å². The lowest BCUT2D eigenvalue weighted by atomic mass is 10.1. The van der Waals surface area contributed by atoms with Gasteiger partial charge in [0.15, 0.2) is 0 Å². The van der Waals surface area contributed by atoms with E-state index in [0.29, 0.717) is 0 Å². The summed E-state index contributed by atoms with van der Waals surface area (Å²) in [5, 5.41) is 0. The largest absolute Gasteiger partial charge is 0.501 e. The van der Waals surface area contributed by atoms with Crippen molar-refractivity contribution in [1.82, 2.24) is 4.90 Å². The molecule has 0 aliphatic rings. The van der Waals surface area contributed by atoms with Crippen LogP contribution in [0.4, 0.5) is 0 Å². The molecule has 0 spiro atoms. The highest BCUT2D eigenvalue weighted by Gasteiger charge is 2.37. The van der Waals surface area contributed by atoms with E-state index in [-0.39, 0.29) is 0 Å². The minimum absolute atomic E-state index is 0.807. The maximum Gasteiger partial charge on any atom is 0.501 e. The third-order valence-corrected chi connectivity index (χ3v) is 6.06. The summed E-state index contributed by atoms with van der Waals surface area (Å²) in [4.78, 5) is 2.28. The van der Waals surface area contributed by atoms with E-state index in [4.69, 9.17) is 13.3 Å². The van der Waals surface area contributed by atoms with Crippen LogP contribution in [-0.4, -0.2) is 55.2 Å². The van der Waals surface area contributed by atoms with Crippen molar-refractivity contribution in [3.05, 3.63) is 35.9 Å².